The monoisotopic (exact) mass is 551 g/mol. The Morgan fingerprint density at radius 2 is 1.69 bits per heavy atom. The highest BCUT2D eigenvalue weighted by Gasteiger charge is 2.18. The second-order valence-electron chi connectivity index (χ2n) is 8.16. The molecule has 0 atom stereocenters. The summed E-state index contributed by atoms with van der Waals surface area (Å²) in [6.07, 6.45) is 5.69. The zero-order valence-electron chi connectivity index (χ0n) is 19.7. The molecule has 1 saturated heterocycles. The molecule has 7 nitrogen and oxygen atoms in total. The summed E-state index contributed by atoms with van der Waals surface area (Å²) in [5, 5.41) is 6.83. The van der Waals surface area contributed by atoms with Gasteiger partial charge >= 0.3 is 0 Å². The molecule has 176 valence electrons. The zero-order chi connectivity index (χ0) is 21.9. The van der Waals surface area contributed by atoms with Gasteiger partial charge < -0.3 is 15.5 Å². The summed E-state index contributed by atoms with van der Waals surface area (Å²) >= 11 is 0. The molecule has 8 heteroatoms. The van der Waals surface area contributed by atoms with Crippen molar-refractivity contribution >= 4 is 35.9 Å². The third-order valence-corrected chi connectivity index (χ3v) is 5.44. The van der Waals surface area contributed by atoms with Crippen LogP contribution in [0.4, 0.5) is 5.95 Å². The fourth-order valence-corrected chi connectivity index (χ4v) is 3.99. The van der Waals surface area contributed by atoms with Crippen molar-refractivity contribution in [1.29, 1.82) is 0 Å². The Kier molecular flexibility index (Phi) is 11.7. The molecule has 0 saturated carbocycles. The van der Waals surface area contributed by atoms with Crippen LogP contribution >= 0.6 is 24.0 Å². The normalized spacial score (nSPS) is 14.7. The van der Waals surface area contributed by atoms with Crippen molar-refractivity contribution in [3.05, 3.63) is 53.3 Å². The summed E-state index contributed by atoms with van der Waals surface area (Å²) in [6.45, 7) is 14.2. The number of rotatable bonds is 9. The number of nitrogens with zero attached hydrogens (tertiary/aromatic N) is 5. The van der Waals surface area contributed by atoms with Gasteiger partial charge in [-0.2, -0.15) is 0 Å². The summed E-state index contributed by atoms with van der Waals surface area (Å²) in [5.74, 6) is 1.76. The van der Waals surface area contributed by atoms with Gasteiger partial charge in [0, 0.05) is 64.8 Å². The van der Waals surface area contributed by atoms with Crippen LogP contribution in [-0.2, 0) is 6.42 Å². The molecule has 0 aliphatic carbocycles. The molecule has 0 unspecified atom stereocenters. The third-order valence-electron chi connectivity index (χ3n) is 5.44. The maximum absolute atomic E-state index is 4.76. The highest BCUT2D eigenvalue weighted by molar-refractivity contribution is 14.0. The zero-order valence-corrected chi connectivity index (χ0v) is 22.0. The van der Waals surface area contributed by atoms with Gasteiger partial charge in [0.2, 0.25) is 5.95 Å². The van der Waals surface area contributed by atoms with Gasteiger partial charge in [0.15, 0.2) is 5.96 Å². The Balaban J connectivity index is 0.00000363. The molecule has 0 spiro atoms. The molecular formula is C24H38IN7. The molecule has 1 aliphatic heterocycles. The second kappa shape index (κ2) is 14.3. The lowest BCUT2D eigenvalue weighted by atomic mass is 10.1. The minimum Gasteiger partial charge on any atom is -0.357 e. The quantitative estimate of drug-likeness (QED) is 0.216. The molecule has 2 aromatic rings. The van der Waals surface area contributed by atoms with Crippen LogP contribution in [0.15, 0.2) is 41.7 Å². The van der Waals surface area contributed by atoms with E-state index in [-0.39, 0.29) is 24.0 Å². The second-order valence-corrected chi connectivity index (χ2v) is 8.16. The van der Waals surface area contributed by atoms with Crippen LogP contribution < -0.4 is 15.5 Å². The van der Waals surface area contributed by atoms with Crippen LogP contribution in [0, 0.1) is 13.8 Å². The number of halogens is 1. The van der Waals surface area contributed by atoms with E-state index in [1.165, 1.54) is 16.7 Å². The first kappa shape index (κ1) is 26.3. The van der Waals surface area contributed by atoms with Gasteiger partial charge in [-0.15, -0.1) is 24.0 Å². The van der Waals surface area contributed by atoms with Crippen molar-refractivity contribution < 1.29 is 0 Å². The first-order valence-corrected chi connectivity index (χ1v) is 11.5. The number of hydrogen-bond acceptors (Lipinski definition) is 5. The number of aryl methyl sites for hydroxylation is 2. The average molecular weight is 552 g/mol. The van der Waals surface area contributed by atoms with E-state index in [9.17, 15) is 0 Å². The minimum atomic E-state index is 0. The van der Waals surface area contributed by atoms with Crippen LogP contribution in [0.1, 0.15) is 30.0 Å². The molecule has 0 bridgehead atoms. The van der Waals surface area contributed by atoms with E-state index < -0.39 is 0 Å². The SMILES string of the molecule is CCNC(=NCCCN1CCN(c2ncccn2)CC1)NCCc1cc(C)cc(C)c1.I. The van der Waals surface area contributed by atoms with Gasteiger partial charge in [-0.3, -0.25) is 9.89 Å². The molecule has 1 aromatic carbocycles. The van der Waals surface area contributed by atoms with Crippen LogP contribution in [0.3, 0.4) is 0 Å². The summed E-state index contributed by atoms with van der Waals surface area (Å²) < 4.78 is 0. The first-order valence-electron chi connectivity index (χ1n) is 11.5. The van der Waals surface area contributed by atoms with Gasteiger partial charge in [0.1, 0.15) is 0 Å². The van der Waals surface area contributed by atoms with Gasteiger partial charge in [0.25, 0.3) is 0 Å². The van der Waals surface area contributed by atoms with E-state index in [1.807, 2.05) is 18.5 Å². The van der Waals surface area contributed by atoms with Crippen LogP contribution in [0.2, 0.25) is 0 Å². The van der Waals surface area contributed by atoms with Crippen LogP contribution in [0.25, 0.3) is 0 Å². The highest BCUT2D eigenvalue weighted by Crippen LogP contribution is 2.10. The molecule has 1 fully saturated rings. The summed E-state index contributed by atoms with van der Waals surface area (Å²) in [5.41, 5.74) is 4.03. The summed E-state index contributed by atoms with van der Waals surface area (Å²) in [4.78, 5) is 18.2. The number of hydrogen-bond donors (Lipinski definition) is 2. The van der Waals surface area contributed by atoms with Crippen molar-refractivity contribution in [3.63, 3.8) is 0 Å². The van der Waals surface area contributed by atoms with Crippen LogP contribution in [0.5, 0.6) is 0 Å². The summed E-state index contributed by atoms with van der Waals surface area (Å²) in [7, 11) is 0. The standard InChI is InChI=1S/C24H37N7.HI/c1-4-25-23(27-11-7-22-18-20(2)17-21(3)19-22)26-10-6-12-30-13-15-31(16-14-30)24-28-8-5-9-29-24;/h5,8-9,17-19H,4,6-7,10-16H2,1-3H3,(H2,25,26,27);1H. The van der Waals surface area contributed by atoms with Crippen molar-refractivity contribution in [1.82, 2.24) is 25.5 Å². The van der Waals surface area contributed by atoms with Crippen molar-refractivity contribution in [2.24, 2.45) is 4.99 Å². The van der Waals surface area contributed by atoms with Crippen molar-refractivity contribution in [2.45, 2.75) is 33.6 Å². The number of guanidine groups is 1. The molecule has 0 radical (unpaired) electrons. The number of nitrogens with one attached hydrogen (secondary N) is 2. The van der Waals surface area contributed by atoms with Gasteiger partial charge in [-0.05, 0) is 45.2 Å². The predicted octanol–water partition coefficient (Wildman–Crippen LogP) is 3.02. The van der Waals surface area contributed by atoms with Gasteiger partial charge in [-0.1, -0.05) is 29.3 Å². The van der Waals surface area contributed by atoms with E-state index in [4.69, 9.17) is 4.99 Å². The first-order chi connectivity index (χ1) is 15.1. The molecule has 1 aliphatic rings. The fraction of sp³-hybridized carbons (Fsp3) is 0.542. The Morgan fingerprint density at radius 3 is 2.34 bits per heavy atom. The van der Waals surface area contributed by atoms with Crippen molar-refractivity contribution in [3.8, 4) is 0 Å². The average Bonchev–Trinajstić information content (AvgIpc) is 2.77. The predicted molar refractivity (Wildman–Crippen MR) is 144 cm³/mol. The lowest BCUT2D eigenvalue weighted by Gasteiger charge is -2.34. The number of anilines is 1. The fourth-order valence-electron chi connectivity index (χ4n) is 3.99. The lowest BCUT2D eigenvalue weighted by molar-refractivity contribution is 0.255. The van der Waals surface area contributed by atoms with E-state index in [0.717, 1.165) is 77.1 Å². The molecule has 2 N–H and O–H groups in total. The Bertz CT molecular complexity index is 800. The van der Waals surface area contributed by atoms with E-state index >= 15 is 0 Å². The largest absolute Gasteiger partial charge is 0.357 e. The molecule has 1 aromatic heterocycles. The number of benzene rings is 1. The maximum atomic E-state index is 4.76. The number of piperazine rings is 1. The van der Waals surface area contributed by atoms with Crippen molar-refractivity contribution in [2.75, 3.05) is 57.3 Å². The molecule has 32 heavy (non-hydrogen) atoms. The Labute approximate surface area is 210 Å². The lowest BCUT2D eigenvalue weighted by Crippen LogP contribution is -2.47. The van der Waals surface area contributed by atoms with Gasteiger partial charge in [0.05, 0.1) is 0 Å². The Hall–Kier alpha value is -1.94. The van der Waals surface area contributed by atoms with Crippen LogP contribution in [-0.4, -0.2) is 73.2 Å². The molecular weight excluding hydrogens is 513 g/mol. The molecule has 2 heterocycles. The van der Waals surface area contributed by atoms with Gasteiger partial charge in [-0.25, -0.2) is 9.97 Å². The topological polar surface area (TPSA) is 68.7 Å². The highest BCUT2D eigenvalue weighted by atomic mass is 127. The molecule has 3 rings (SSSR count). The summed E-state index contributed by atoms with van der Waals surface area (Å²) in [6, 6.07) is 8.61. The number of aromatic nitrogens is 2. The number of aliphatic imine (C=N–C) groups is 1. The third kappa shape index (κ3) is 8.90. The van der Waals surface area contributed by atoms with E-state index in [1.54, 1.807) is 0 Å². The maximum Gasteiger partial charge on any atom is 0.225 e. The minimum absolute atomic E-state index is 0. The Morgan fingerprint density at radius 1 is 1.00 bits per heavy atom. The smallest absolute Gasteiger partial charge is 0.225 e. The molecule has 0 amide bonds. The van der Waals surface area contributed by atoms with E-state index in [0.29, 0.717) is 0 Å². The van der Waals surface area contributed by atoms with E-state index in [2.05, 4.69) is 69.4 Å².